The first-order valence-corrected chi connectivity index (χ1v) is 8.50. The fraction of sp³-hybridized carbons (Fsp3) is 0.263. The lowest BCUT2D eigenvalue weighted by Crippen LogP contribution is -2.30. The number of aryl methyl sites for hydroxylation is 1. The third kappa shape index (κ3) is 3.56. The molecule has 0 aliphatic heterocycles. The van der Waals surface area contributed by atoms with Crippen LogP contribution in [0, 0.1) is 0 Å². The van der Waals surface area contributed by atoms with E-state index in [1.54, 1.807) is 25.3 Å². The fourth-order valence-corrected chi connectivity index (χ4v) is 2.71. The zero-order valence-corrected chi connectivity index (χ0v) is 14.7. The molecule has 134 valence electrons. The third-order valence-electron chi connectivity index (χ3n) is 3.93. The van der Waals surface area contributed by atoms with Crippen molar-refractivity contribution in [1.82, 2.24) is 14.5 Å². The number of ether oxygens (including phenoxy) is 1. The molecule has 7 heteroatoms. The quantitative estimate of drug-likeness (QED) is 0.736. The van der Waals surface area contributed by atoms with Gasteiger partial charge in [-0.1, -0.05) is 25.1 Å². The zero-order chi connectivity index (χ0) is 18.5. The van der Waals surface area contributed by atoms with Gasteiger partial charge in [-0.15, -0.1) is 0 Å². The number of aromatic nitrogens is 3. The van der Waals surface area contributed by atoms with Crippen LogP contribution in [0.4, 0.5) is 5.69 Å². The molecule has 3 aromatic rings. The summed E-state index contributed by atoms with van der Waals surface area (Å²) < 4.78 is 6.61. The van der Waals surface area contributed by atoms with Gasteiger partial charge in [0.1, 0.15) is 12.1 Å². The number of carbonyl (C=O) groups is 1. The number of hydrogen-bond donors (Lipinski definition) is 1. The normalized spacial score (nSPS) is 10.7. The standard InChI is InChI=1S/C19H20N4O3/c1-3-13-8-5-6-9-14(13)21-16(24)12-23-17-15(10-7-11-20-17)22-18(19(23)25)26-4-2/h5-11H,3-4,12H2,1-2H3,(H,21,24). The SMILES string of the molecule is CCOc1nc2cccnc2n(CC(=O)Nc2ccccc2CC)c1=O. The van der Waals surface area contributed by atoms with Crippen LogP contribution in [0.3, 0.4) is 0 Å². The maximum atomic E-state index is 12.6. The summed E-state index contributed by atoms with van der Waals surface area (Å²) in [5, 5.41) is 2.87. The summed E-state index contributed by atoms with van der Waals surface area (Å²) in [6, 6.07) is 11.0. The van der Waals surface area contributed by atoms with Crippen LogP contribution in [0.5, 0.6) is 5.88 Å². The maximum absolute atomic E-state index is 12.6. The van der Waals surface area contributed by atoms with Gasteiger partial charge in [0.2, 0.25) is 5.91 Å². The molecule has 0 saturated heterocycles. The van der Waals surface area contributed by atoms with Crippen LogP contribution in [-0.4, -0.2) is 27.0 Å². The van der Waals surface area contributed by atoms with Crippen molar-refractivity contribution in [3.8, 4) is 5.88 Å². The molecule has 0 fully saturated rings. The predicted molar refractivity (Wildman–Crippen MR) is 99.4 cm³/mol. The number of fused-ring (bicyclic) bond motifs is 1. The minimum Gasteiger partial charge on any atom is -0.474 e. The van der Waals surface area contributed by atoms with Crippen LogP contribution in [-0.2, 0) is 17.8 Å². The predicted octanol–water partition coefficient (Wildman–Crippen LogP) is 2.39. The van der Waals surface area contributed by atoms with E-state index >= 15 is 0 Å². The smallest absolute Gasteiger partial charge is 0.315 e. The number of pyridine rings is 1. The van der Waals surface area contributed by atoms with Crippen LogP contribution >= 0.6 is 0 Å². The molecule has 0 unspecified atom stereocenters. The van der Waals surface area contributed by atoms with Gasteiger partial charge >= 0.3 is 5.56 Å². The molecule has 26 heavy (non-hydrogen) atoms. The van der Waals surface area contributed by atoms with E-state index in [0.29, 0.717) is 17.8 Å². The highest BCUT2D eigenvalue weighted by atomic mass is 16.5. The van der Waals surface area contributed by atoms with Gasteiger partial charge in [0.25, 0.3) is 5.88 Å². The minimum absolute atomic E-state index is 0.0326. The van der Waals surface area contributed by atoms with Gasteiger partial charge in [-0.3, -0.25) is 14.2 Å². The Balaban J connectivity index is 1.96. The van der Waals surface area contributed by atoms with E-state index in [4.69, 9.17) is 4.74 Å². The first-order valence-electron chi connectivity index (χ1n) is 8.50. The Morgan fingerprint density at radius 2 is 2.00 bits per heavy atom. The number of nitrogens with zero attached hydrogens (tertiary/aromatic N) is 3. The number of anilines is 1. The van der Waals surface area contributed by atoms with E-state index < -0.39 is 5.56 Å². The van der Waals surface area contributed by atoms with Crippen molar-refractivity contribution >= 4 is 22.8 Å². The van der Waals surface area contributed by atoms with E-state index in [-0.39, 0.29) is 18.3 Å². The Hall–Kier alpha value is -3.22. The second kappa shape index (κ2) is 7.77. The molecule has 2 aromatic heterocycles. The maximum Gasteiger partial charge on any atom is 0.315 e. The van der Waals surface area contributed by atoms with Crippen molar-refractivity contribution in [1.29, 1.82) is 0 Å². The molecule has 1 aromatic carbocycles. The molecule has 0 aliphatic carbocycles. The highest BCUT2D eigenvalue weighted by Crippen LogP contribution is 2.16. The molecule has 0 aliphatic rings. The summed E-state index contributed by atoms with van der Waals surface area (Å²) >= 11 is 0. The highest BCUT2D eigenvalue weighted by molar-refractivity contribution is 5.92. The number of hydrogen-bond acceptors (Lipinski definition) is 5. The Bertz CT molecular complexity index is 997. The van der Waals surface area contributed by atoms with Crippen molar-refractivity contribution in [3.05, 3.63) is 58.5 Å². The molecule has 0 bridgehead atoms. The van der Waals surface area contributed by atoms with E-state index in [2.05, 4.69) is 15.3 Å². The number of benzene rings is 1. The van der Waals surface area contributed by atoms with Crippen molar-refractivity contribution in [2.24, 2.45) is 0 Å². The number of rotatable bonds is 6. The van der Waals surface area contributed by atoms with Crippen LogP contribution in [0.25, 0.3) is 11.2 Å². The van der Waals surface area contributed by atoms with Crippen molar-refractivity contribution < 1.29 is 9.53 Å². The highest BCUT2D eigenvalue weighted by Gasteiger charge is 2.16. The first-order chi connectivity index (χ1) is 12.6. The van der Waals surface area contributed by atoms with Crippen LogP contribution in [0.15, 0.2) is 47.4 Å². The van der Waals surface area contributed by atoms with Gasteiger partial charge in [-0.05, 0) is 37.1 Å². The molecule has 0 saturated carbocycles. The van der Waals surface area contributed by atoms with E-state index in [9.17, 15) is 9.59 Å². The second-order valence-electron chi connectivity index (χ2n) is 5.65. The Morgan fingerprint density at radius 3 is 2.77 bits per heavy atom. The number of amides is 1. The summed E-state index contributed by atoms with van der Waals surface area (Å²) in [5.41, 5.74) is 2.14. The Labute approximate surface area is 150 Å². The molecule has 0 atom stereocenters. The molecule has 0 spiro atoms. The second-order valence-corrected chi connectivity index (χ2v) is 5.65. The van der Waals surface area contributed by atoms with Crippen molar-refractivity contribution in [3.63, 3.8) is 0 Å². The lowest BCUT2D eigenvalue weighted by molar-refractivity contribution is -0.116. The molecule has 3 rings (SSSR count). The zero-order valence-electron chi connectivity index (χ0n) is 14.7. The van der Waals surface area contributed by atoms with Crippen LogP contribution in [0.2, 0.25) is 0 Å². The summed E-state index contributed by atoms with van der Waals surface area (Å²) in [6.07, 6.45) is 2.36. The summed E-state index contributed by atoms with van der Waals surface area (Å²) in [6.45, 7) is 3.93. The largest absolute Gasteiger partial charge is 0.474 e. The number of para-hydroxylation sites is 1. The monoisotopic (exact) mass is 352 g/mol. The molecule has 7 nitrogen and oxygen atoms in total. The molecule has 2 heterocycles. The number of nitrogens with one attached hydrogen (secondary N) is 1. The van der Waals surface area contributed by atoms with Gasteiger partial charge in [0.15, 0.2) is 5.65 Å². The van der Waals surface area contributed by atoms with Gasteiger partial charge in [-0.25, -0.2) is 9.97 Å². The summed E-state index contributed by atoms with van der Waals surface area (Å²) in [4.78, 5) is 33.6. The Morgan fingerprint density at radius 1 is 1.19 bits per heavy atom. The van der Waals surface area contributed by atoms with Crippen molar-refractivity contribution in [2.45, 2.75) is 26.8 Å². The topological polar surface area (TPSA) is 86.1 Å². The van der Waals surface area contributed by atoms with Crippen LogP contribution < -0.4 is 15.6 Å². The minimum atomic E-state index is -0.475. The molecule has 1 amide bonds. The molecular formula is C19H20N4O3. The number of carbonyl (C=O) groups excluding carboxylic acids is 1. The van der Waals surface area contributed by atoms with E-state index in [1.165, 1.54) is 4.57 Å². The van der Waals surface area contributed by atoms with Crippen molar-refractivity contribution in [2.75, 3.05) is 11.9 Å². The summed E-state index contributed by atoms with van der Waals surface area (Å²) in [7, 11) is 0. The average molecular weight is 352 g/mol. The molecule has 0 radical (unpaired) electrons. The van der Waals surface area contributed by atoms with Gasteiger partial charge in [0, 0.05) is 11.9 Å². The van der Waals surface area contributed by atoms with Gasteiger partial charge in [0.05, 0.1) is 6.61 Å². The lowest BCUT2D eigenvalue weighted by Gasteiger charge is -2.13. The first kappa shape index (κ1) is 17.6. The summed E-state index contributed by atoms with van der Waals surface area (Å²) in [5.74, 6) is -0.344. The lowest BCUT2D eigenvalue weighted by atomic mass is 10.1. The van der Waals surface area contributed by atoms with Crippen LogP contribution in [0.1, 0.15) is 19.4 Å². The Kier molecular flexibility index (Phi) is 5.26. The molecule has 1 N–H and O–H groups in total. The van der Waals surface area contributed by atoms with E-state index in [0.717, 1.165) is 17.7 Å². The van der Waals surface area contributed by atoms with Gasteiger partial charge in [-0.2, -0.15) is 0 Å². The van der Waals surface area contributed by atoms with Gasteiger partial charge < -0.3 is 10.1 Å². The average Bonchev–Trinajstić information content (AvgIpc) is 2.65. The third-order valence-corrected chi connectivity index (χ3v) is 3.93. The fourth-order valence-electron chi connectivity index (χ4n) is 2.71. The van der Waals surface area contributed by atoms with E-state index in [1.807, 2.05) is 31.2 Å². The molecular weight excluding hydrogens is 332 g/mol.